The van der Waals surface area contributed by atoms with E-state index in [9.17, 15) is 14.7 Å². The second-order valence-electron chi connectivity index (χ2n) is 6.28. The lowest BCUT2D eigenvalue weighted by Gasteiger charge is -2.15. The van der Waals surface area contributed by atoms with Gasteiger partial charge in [-0.05, 0) is 24.3 Å². The molecule has 3 aromatic rings. The summed E-state index contributed by atoms with van der Waals surface area (Å²) in [6.07, 6.45) is 3.88. The SMILES string of the molecule is O=C(NC(Cn1cc(CCNc2ccccn2)nn1)C(=O)O)c1c(Cl)cccc1Cl. The quantitative estimate of drug-likeness (QED) is 0.459. The van der Waals surface area contributed by atoms with Crippen molar-refractivity contribution in [3.8, 4) is 0 Å². The summed E-state index contributed by atoms with van der Waals surface area (Å²) in [6, 6.07) is 8.90. The number of aromatic nitrogens is 4. The first-order valence-electron chi connectivity index (χ1n) is 8.95. The summed E-state index contributed by atoms with van der Waals surface area (Å²) in [7, 11) is 0. The Balaban J connectivity index is 1.59. The number of hydrogen-bond donors (Lipinski definition) is 3. The molecule has 0 aliphatic heterocycles. The molecule has 11 heteroatoms. The van der Waals surface area contributed by atoms with Crippen LogP contribution in [0.2, 0.25) is 10.0 Å². The molecular formula is C19H18Cl2N6O3. The fourth-order valence-electron chi connectivity index (χ4n) is 2.65. The van der Waals surface area contributed by atoms with E-state index in [2.05, 4.69) is 25.9 Å². The third kappa shape index (κ3) is 5.68. The van der Waals surface area contributed by atoms with Gasteiger partial charge in [-0.15, -0.1) is 5.10 Å². The minimum Gasteiger partial charge on any atom is -0.480 e. The molecule has 1 atom stereocenters. The molecule has 1 amide bonds. The molecule has 156 valence electrons. The van der Waals surface area contributed by atoms with Crippen LogP contribution in [-0.4, -0.2) is 49.5 Å². The molecule has 30 heavy (non-hydrogen) atoms. The number of benzene rings is 1. The second-order valence-corrected chi connectivity index (χ2v) is 7.10. The van der Waals surface area contributed by atoms with E-state index in [4.69, 9.17) is 23.2 Å². The summed E-state index contributed by atoms with van der Waals surface area (Å²) in [5, 5.41) is 23.3. The van der Waals surface area contributed by atoms with Gasteiger partial charge in [-0.1, -0.05) is 40.5 Å². The number of aliphatic carboxylic acids is 1. The highest BCUT2D eigenvalue weighted by Gasteiger charge is 2.24. The minimum absolute atomic E-state index is 0.0203. The van der Waals surface area contributed by atoms with Gasteiger partial charge in [-0.2, -0.15) is 0 Å². The van der Waals surface area contributed by atoms with Crippen LogP contribution in [0.4, 0.5) is 5.82 Å². The molecule has 0 aliphatic carbocycles. The van der Waals surface area contributed by atoms with Gasteiger partial charge in [0.2, 0.25) is 0 Å². The monoisotopic (exact) mass is 448 g/mol. The van der Waals surface area contributed by atoms with E-state index >= 15 is 0 Å². The van der Waals surface area contributed by atoms with Crippen molar-refractivity contribution in [3.05, 3.63) is 70.1 Å². The fourth-order valence-corrected chi connectivity index (χ4v) is 3.22. The molecule has 3 rings (SSSR count). The van der Waals surface area contributed by atoms with E-state index in [0.717, 1.165) is 5.82 Å². The number of halogens is 2. The zero-order valence-corrected chi connectivity index (χ0v) is 17.1. The predicted octanol–water partition coefficient (Wildman–Crippen LogP) is 2.52. The van der Waals surface area contributed by atoms with Gasteiger partial charge in [0, 0.05) is 25.4 Å². The molecule has 0 fully saturated rings. The predicted molar refractivity (Wildman–Crippen MR) is 112 cm³/mol. The van der Waals surface area contributed by atoms with Crippen molar-refractivity contribution in [2.45, 2.75) is 19.0 Å². The van der Waals surface area contributed by atoms with Gasteiger partial charge in [0.15, 0.2) is 0 Å². The Labute approximate surface area is 182 Å². The van der Waals surface area contributed by atoms with Gasteiger partial charge in [0.25, 0.3) is 5.91 Å². The normalized spacial score (nSPS) is 11.7. The van der Waals surface area contributed by atoms with E-state index in [1.54, 1.807) is 18.5 Å². The lowest BCUT2D eigenvalue weighted by Crippen LogP contribution is -2.44. The van der Waals surface area contributed by atoms with Crippen molar-refractivity contribution in [1.82, 2.24) is 25.3 Å². The van der Waals surface area contributed by atoms with Gasteiger partial charge in [-0.3, -0.25) is 4.79 Å². The summed E-state index contributed by atoms with van der Waals surface area (Å²) in [5.74, 6) is -1.16. The molecule has 2 aromatic heterocycles. The van der Waals surface area contributed by atoms with Crippen molar-refractivity contribution >= 4 is 40.9 Å². The smallest absolute Gasteiger partial charge is 0.328 e. The Morgan fingerprint density at radius 2 is 1.90 bits per heavy atom. The van der Waals surface area contributed by atoms with Crippen molar-refractivity contribution in [2.24, 2.45) is 0 Å². The largest absolute Gasteiger partial charge is 0.480 e. The Morgan fingerprint density at radius 3 is 2.57 bits per heavy atom. The molecule has 1 aromatic carbocycles. The maximum Gasteiger partial charge on any atom is 0.328 e. The Bertz CT molecular complexity index is 1010. The van der Waals surface area contributed by atoms with Crippen molar-refractivity contribution < 1.29 is 14.7 Å². The highest BCUT2D eigenvalue weighted by Crippen LogP contribution is 2.24. The molecule has 2 heterocycles. The molecular weight excluding hydrogens is 431 g/mol. The molecule has 0 spiro atoms. The van der Waals surface area contributed by atoms with Crippen LogP contribution in [0.3, 0.4) is 0 Å². The van der Waals surface area contributed by atoms with Gasteiger partial charge in [-0.25, -0.2) is 14.5 Å². The van der Waals surface area contributed by atoms with E-state index in [1.165, 1.54) is 16.8 Å². The maximum absolute atomic E-state index is 12.5. The number of carbonyl (C=O) groups excluding carboxylic acids is 1. The number of pyridine rings is 1. The van der Waals surface area contributed by atoms with Crippen molar-refractivity contribution in [1.29, 1.82) is 0 Å². The molecule has 9 nitrogen and oxygen atoms in total. The van der Waals surface area contributed by atoms with Crippen LogP contribution >= 0.6 is 23.2 Å². The number of rotatable bonds is 9. The van der Waals surface area contributed by atoms with E-state index in [1.807, 2.05) is 18.2 Å². The topological polar surface area (TPSA) is 122 Å². The van der Waals surface area contributed by atoms with Crippen molar-refractivity contribution in [3.63, 3.8) is 0 Å². The highest BCUT2D eigenvalue weighted by atomic mass is 35.5. The van der Waals surface area contributed by atoms with Crippen LogP contribution in [0.15, 0.2) is 48.8 Å². The zero-order valence-electron chi connectivity index (χ0n) is 15.6. The van der Waals surface area contributed by atoms with Crippen molar-refractivity contribution in [2.75, 3.05) is 11.9 Å². The molecule has 3 N–H and O–H groups in total. The first-order valence-corrected chi connectivity index (χ1v) is 9.71. The van der Waals surface area contributed by atoms with E-state index in [0.29, 0.717) is 18.7 Å². The summed E-state index contributed by atoms with van der Waals surface area (Å²) in [4.78, 5) is 28.2. The first-order chi connectivity index (χ1) is 14.4. The standard InChI is InChI=1S/C19H18Cl2N6O3/c20-13-4-3-5-14(21)17(13)18(28)24-15(19(29)30)11-27-10-12(25-26-27)7-9-23-16-6-1-2-8-22-16/h1-6,8,10,15H,7,9,11H2,(H,22,23)(H,24,28)(H,29,30). The average Bonchev–Trinajstić information content (AvgIpc) is 3.15. The summed E-state index contributed by atoms with van der Waals surface area (Å²) in [5.41, 5.74) is 0.690. The number of carbonyl (C=O) groups is 2. The minimum atomic E-state index is -1.24. The Hall–Kier alpha value is -3.17. The van der Waals surface area contributed by atoms with Crippen LogP contribution in [0.25, 0.3) is 0 Å². The molecule has 0 saturated heterocycles. The molecule has 0 bridgehead atoms. The molecule has 1 unspecified atom stereocenters. The van der Waals surface area contributed by atoms with Crippen LogP contribution in [0.1, 0.15) is 16.1 Å². The highest BCUT2D eigenvalue weighted by molar-refractivity contribution is 6.39. The third-order valence-corrected chi connectivity index (χ3v) is 4.73. The van der Waals surface area contributed by atoms with Gasteiger partial charge >= 0.3 is 5.97 Å². The lowest BCUT2D eigenvalue weighted by molar-refractivity contribution is -0.139. The van der Waals surface area contributed by atoms with E-state index < -0.39 is 17.9 Å². The number of carboxylic acid groups (broad SMARTS) is 1. The average molecular weight is 449 g/mol. The summed E-state index contributed by atoms with van der Waals surface area (Å²) in [6.45, 7) is 0.476. The second kappa shape index (κ2) is 10.0. The fraction of sp³-hybridized carbons (Fsp3) is 0.211. The molecule has 0 radical (unpaired) electrons. The van der Waals surface area contributed by atoms with Crippen LogP contribution in [0, 0.1) is 0 Å². The number of nitrogens with zero attached hydrogens (tertiary/aromatic N) is 4. The summed E-state index contributed by atoms with van der Waals surface area (Å²) >= 11 is 12.0. The van der Waals surface area contributed by atoms with Gasteiger partial charge in [0.1, 0.15) is 11.9 Å². The first kappa shape index (κ1) is 21.5. The molecule has 0 saturated carbocycles. The van der Waals surface area contributed by atoms with E-state index in [-0.39, 0.29) is 22.2 Å². The van der Waals surface area contributed by atoms with Crippen LogP contribution < -0.4 is 10.6 Å². The number of hydrogen-bond acceptors (Lipinski definition) is 6. The Morgan fingerprint density at radius 1 is 1.13 bits per heavy atom. The zero-order chi connectivity index (χ0) is 21.5. The number of nitrogens with one attached hydrogen (secondary N) is 2. The number of carboxylic acids is 1. The third-order valence-electron chi connectivity index (χ3n) is 4.10. The van der Waals surface area contributed by atoms with Gasteiger partial charge < -0.3 is 15.7 Å². The Kier molecular flexibility index (Phi) is 7.21. The maximum atomic E-state index is 12.5. The van der Waals surface area contributed by atoms with Crippen LogP contribution in [-0.2, 0) is 17.8 Å². The number of amides is 1. The number of anilines is 1. The van der Waals surface area contributed by atoms with Gasteiger partial charge in [0.05, 0.1) is 27.8 Å². The summed E-state index contributed by atoms with van der Waals surface area (Å²) < 4.78 is 1.36. The molecule has 0 aliphatic rings. The van der Waals surface area contributed by atoms with Crippen LogP contribution in [0.5, 0.6) is 0 Å². The lowest BCUT2D eigenvalue weighted by atomic mass is 10.2.